The van der Waals surface area contributed by atoms with Crippen molar-refractivity contribution in [3.8, 4) is 0 Å². The summed E-state index contributed by atoms with van der Waals surface area (Å²) in [5, 5.41) is 15.2. The molecular formula is C10H15N3O3. The second kappa shape index (κ2) is 5.89. The Morgan fingerprint density at radius 3 is 2.81 bits per heavy atom. The summed E-state index contributed by atoms with van der Waals surface area (Å²) in [4.78, 5) is 22.3. The normalized spacial score (nSPS) is 12.1. The minimum atomic E-state index is -1.00. The standard InChI is InChI=1S/C10H15N3O3/c1-2-4-8(10(15)16)12-9(14)7-13-6-3-5-11-13/h3,5-6,8H,2,4,7H2,1H3,(H,12,14)(H,15,16)/t8-/m0/s1. The van der Waals surface area contributed by atoms with Gasteiger partial charge in [0.1, 0.15) is 12.6 Å². The molecule has 1 rings (SSSR count). The van der Waals surface area contributed by atoms with Gasteiger partial charge in [-0.25, -0.2) is 4.79 Å². The number of carbonyl (C=O) groups is 2. The molecular weight excluding hydrogens is 210 g/mol. The molecule has 1 amide bonds. The summed E-state index contributed by atoms with van der Waals surface area (Å²) in [5.41, 5.74) is 0. The first-order chi connectivity index (χ1) is 7.63. The van der Waals surface area contributed by atoms with Gasteiger partial charge in [-0.3, -0.25) is 9.48 Å². The van der Waals surface area contributed by atoms with E-state index < -0.39 is 12.0 Å². The Labute approximate surface area is 93.3 Å². The lowest BCUT2D eigenvalue weighted by Crippen LogP contribution is -2.42. The predicted octanol–water partition coefficient (Wildman–Crippen LogP) is 0.253. The van der Waals surface area contributed by atoms with E-state index in [-0.39, 0.29) is 12.5 Å². The zero-order chi connectivity index (χ0) is 12.0. The predicted molar refractivity (Wildman–Crippen MR) is 56.7 cm³/mol. The van der Waals surface area contributed by atoms with E-state index in [4.69, 9.17) is 5.11 Å². The first kappa shape index (κ1) is 12.2. The smallest absolute Gasteiger partial charge is 0.326 e. The van der Waals surface area contributed by atoms with Crippen LogP contribution >= 0.6 is 0 Å². The molecule has 0 aromatic carbocycles. The number of nitrogens with one attached hydrogen (secondary N) is 1. The lowest BCUT2D eigenvalue weighted by Gasteiger charge is -2.13. The van der Waals surface area contributed by atoms with E-state index >= 15 is 0 Å². The lowest BCUT2D eigenvalue weighted by molar-refractivity contribution is -0.142. The molecule has 0 radical (unpaired) electrons. The summed E-state index contributed by atoms with van der Waals surface area (Å²) >= 11 is 0. The van der Waals surface area contributed by atoms with Gasteiger partial charge in [0.05, 0.1) is 0 Å². The number of rotatable bonds is 6. The van der Waals surface area contributed by atoms with Crippen LogP contribution in [0.4, 0.5) is 0 Å². The molecule has 0 saturated heterocycles. The molecule has 0 unspecified atom stereocenters. The zero-order valence-corrected chi connectivity index (χ0v) is 9.09. The Morgan fingerprint density at radius 1 is 1.56 bits per heavy atom. The maximum Gasteiger partial charge on any atom is 0.326 e. The van der Waals surface area contributed by atoms with E-state index in [1.54, 1.807) is 18.5 Å². The molecule has 1 aromatic heterocycles. The number of aromatic nitrogens is 2. The second-order valence-corrected chi connectivity index (χ2v) is 3.45. The van der Waals surface area contributed by atoms with Gasteiger partial charge in [-0.15, -0.1) is 0 Å². The van der Waals surface area contributed by atoms with Crippen LogP contribution in [0.5, 0.6) is 0 Å². The number of amides is 1. The van der Waals surface area contributed by atoms with Crippen molar-refractivity contribution < 1.29 is 14.7 Å². The molecule has 1 aromatic rings. The molecule has 88 valence electrons. The number of carboxylic acids is 1. The van der Waals surface area contributed by atoms with Crippen molar-refractivity contribution in [2.75, 3.05) is 0 Å². The molecule has 0 aliphatic heterocycles. The zero-order valence-electron chi connectivity index (χ0n) is 9.09. The van der Waals surface area contributed by atoms with Gasteiger partial charge in [-0.1, -0.05) is 13.3 Å². The minimum Gasteiger partial charge on any atom is -0.480 e. The summed E-state index contributed by atoms with van der Waals surface area (Å²) in [5.74, 6) is -1.35. The molecule has 0 spiro atoms. The fourth-order valence-corrected chi connectivity index (χ4v) is 1.33. The van der Waals surface area contributed by atoms with Crippen LogP contribution < -0.4 is 5.32 Å². The van der Waals surface area contributed by atoms with Crippen molar-refractivity contribution in [2.45, 2.75) is 32.4 Å². The third-order valence-corrected chi connectivity index (χ3v) is 2.08. The largest absolute Gasteiger partial charge is 0.480 e. The average Bonchev–Trinajstić information content (AvgIpc) is 2.69. The molecule has 0 bridgehead atoms. The van der Waals surface area contributed by atoms with Crippen molar-refractivity contribution in [2.24, 2.45) is 0 Å². The summed E-state index contributed by atoms with van der Waals surface area (Å²) in [6.45, 7) is 1.91. The second-order valence-electron chi connectivity index (χ2n) is 3.45. The van der Waals surface area contributed by atoms with E-state index in [2.05, 4.69) is 10.4 Å². The number of nitrogens with zero attached hydrogens (tertiary/aromatic N) is 2. The molecule has 6 heteroatoms. The molecule has 1 heterocycles. The van der Waals surface area contributed by atoms with Crippen LogP contribution in [0, 0.1) is 0 Å². The quantitative estimate of drug-likeness (QED) is 0.727. The maximum atomic E-state index is 11.5. The Morgan fingerprint density at radius 2 is 2.31 bits per heavy atom. The molecule has 0 saturated carbocycles. The molecule has 2 N–H and O–H groups in total. The first-order valence-electron chi connectivity index (χ1n) is 5.13. The van der Waals surface area contributed by atoms with Crippen LogP contribution in [0.1, 0.15) is 19.8 Å². The van der Waals surface area contributed by atoms with E-state index in [0.717, 1.165) is 0 Å². The SMILES string of the molecule is CCC[C@H](NC(=O)Cn1cccn1)C(=O)O. The third kappa shape index (κ3) is 3.72. The van der Waals surface area contributed by atoms with Gasteiger partial charge in [0.2, 0.25) is 5.91 Å². The van der Waals surface area contributed by atoms with Crippen molar-refractivity contribution in [3.05, 3.63) is 18.5 Å². The molecule has 0 fully saturated rings. The van der Waals surface area contributed by atoms with Gasteiger partial charge in [0, 0.05) is 12.4 Å². The monoisotopic (exact) mass is 225 g/mol. The van der Waals surface area contributed by atoms with Gasteiger partial charge in [-0.2, -0.15) is 5.10 Å². The van der Waals surface area contributed by atoms with Crippen molar-refractivity contribution in [1.82, 2.24) is 15.1 Å². The van der Waals surface area contributed by atoms with Crippen LogP contribution in [-0.2, 0) is 16.1 Å². The highest BCUT2D eigenvalue weighted by Crippen LogP contribution is 1.97. The van der Waals surface area contributed by atoms with Gasteiger partial charge < -0.3 is 10.4 Å². The molecule has 16 heavy (non-hydrogen) atoms. The topological polar surface area (TPSA) is 84.2 Å². The highest BCUT2D eigenvalue weighted by molar-refractivity contribution is 5.83. The molecule has 1 atom stereocenters. The number of aliphatic carboxylic acids is 1. The van der Waals surface area contributed by atoms with Crippen LogP contribution in [0.3, 0.4) is 0 Å². The summed E-state index contributed by atoms with van der Waals surface area (Å²) < 4.78 is 1.44. The van der Waals surface area contributed by atoms with E-state index in [1.165, 1.54) is 4.68 Å². The maximum absolute atomic E-state index is 11.5. The van der Waals surface area contributed by atoms with Crippen molar-refractivity contribution >= 4 is 11.9 Å². The van der Waals surface area contributed by atoms with E-state index in [9.17, 15) is 9.59 Å². The lowest BCUT2D eigenvalue weighted by atomic mass is 10.1. The Bertz CT molecular complexity index is 348. The number of carboxylic acid groups (broad SMARTS) is 1. The average molecular weight is 225 g/mol. The third-order valence-electron chi connectivity index (χ3n) is 2.08. The van der Waals surface area contributed by atoms with Crippen LogP contribution in [0.15, 0.2) is 18.5 Å². The van der Waals surface area contributed by atoms with Gasteiger partial charge in [-0.05, 0) is 12.5 Å². The van der Waals surface area contributed by atoms with Crippen LogP contribution in [0.25, 0.3) is 0 Å². The number of carbonyl (C=O) groups excluding carboxylic acids is 1. The van der Waals surface area contributed by atoms with E-state index in [0.29, 0.717) is 12.8 Å². The highest BCUT2D eigenvalue weighted by atomic mass is 16.4. The van der Waals surface area contributed by atoms with Crippen LogP contribution in [0.2, 0.25) is 0 Å². The van der Waals surface area contributed by atoms with Crippen molar-refractivity contribution in [1.29, 1.82) is 0 Å². The van der Waals surface area contributed by atoms with Gasteiger partial charge in [0.15, 0.2) is 0 Å². The van der Waals surface area contributed by atoms with E-state index in [1.807, 2.05) is 6.92 Å². The summed E-state index contributed by atoms with van der Waals surface area (Å²) in [6.07, 6.45) is 4.35. The van der Waals surface area contributed by atoms with Gasteiger partial charge in [0.25, 0.3) is 0 Å². The number of hydrogen-bond acceptors (Lipinski definition) is 3. The summed E-state index contributed by atoms with van der Waals surface area (Å²) in [7, 11) is 0. The Balaban J connectivity index is 2.45. The number of hydrogen-bond donors (Lipinski definition) is 2. The molecule has 0 aliphatic carbocycles. The molecule has 6 nitrogen and oxygen atoms in total. The first-order valence-corrected chi connectivity index (χ1v) is 5.13. The summed E-state index contributed by atoms with van der Waals surface area (Å²) in [6, 6.07) is 0.890. The Hall–Kier alpha value is -1.85. The Kier molecular flexibility index (Phi) is 4.50. The fourth-order valence-electron chi connectivity index (χ4n) is 1.33. The molecule has 0 aliphatic rings. The van der Waals surface area contributed by atoms with Crippen LogP contribution in [-0.4, -0.2) is 32.8 Å². The minimum absolute atomic E-state index is 0.0422. The van der Waals surface area contributed by atoms with Gasteiger partial charge >= 0.3 is 5.97 Å². The highest BCUT2D eigenvalue weighted by Gasteiger charge is 2.18. The van der Waals surface area contributed by atoms with Crippen molar-refractivity contribution in [3.63, 3.8) is 0 Å². The fraction of sp³-hybridized carbons (Fsp3) is 0.500.